The van der Waals surface area contributed by atoms with Gasteiger partial charge in [-0.3, -0.25) is 14.4 Å². The molecule has 0 unspecified atom stereocenters. The summed E-state index contributed by atoms with van der Waals surface area (Å²) in [6.45, 7) is 0. The van der Waals surface area contributed by atoms with Crippen LogP contribution in [0.5, 0.6) is 23.0 Å². The zero-order valence-corrected chi connectivity index (χ0v) is 26.0. The van der Waals surface area contributed by atoms with Crippen LogP contribution in [-0.4, -0.2) is 51.9 Å². The van der Waals surface area contributed by atoms with Gasteiger partial charge in [0.2, 0.25) is 11.7 Å². The lowest BCUT2D eigenvalue weighted by Gasteiger charge is -2.15. The highest BCUT2D eigenvalue weighted by atomic mass is 32.2. The highest BCUT2D eigenvalue weighted by Crippen LogP contribution is 2.38. The number of methoxy groups -OCH3 is 4. The third kappa shape index (κ3) is 8.80. The van der Waals surface area contributed by atoms with Gasteiger partial charge >= 0.3 is 0 Å². The van der Waals surface area contributed by atoms with Crippen molar-refractivity contribution in [3.8, 4) is 23.0 Å². The highest BCUT2D eigenvalue weighted by Gasteiger charge is 2.18. The van der Waals surface area contributed by atoms with Gasteiger partial charge in [-0.15, -0.1) is 11.8 Å². The molecule has 0 aliphatic heterocycles. The smallest absolute Gasteiger partial charge is 0.272 e. The van der Waals surface area contributed by atoms with Crippen molar-refractivity contribution in [1.82, 2.24) is 5.32 Å². The molecule has 232 valence electrons. The number of rotatable bonds is 13. The van der Waals surface area contributed by atoms with Crippen molar-refractivity contribution in [2.45, 2.75) is 4.90 Å². The lowest BCUT2D eigenvalue weighted by Crippen LogP contribution is -2.30. The predicted octanol–water partition coefficient (Wildman–Crippen LogP) is 5.86. The van der Waals surface area contributed by atoms with Crippen LogP contribution in [0.3, 0.4) is 0 Å². The predicted molar refractivity (Wildman–Crippen MR) is 175 cm³/mol. The summed E-state index contributed by atoms with van der Waals surface area (Å²) in [6.07, 6.45) is 1.52. The largest absolute Gasteiger partial charge is 0.495 e. The zero-order chi connectivity index (χ0) is 32.2. The van der Waals surface area contributed by atoms with Gasteiger partial charge in [0.15, 0.2) is 11.5 Å². The van der Waals surface area contributed by atoms with E-state index in [0.717, 1.165) is 4.90 Å². The second-order valence-electron chi connectivity index (χ2n) is 9.36. The van der Waals surface area contributed by atoms with E-state index in [1.54, 1.807) is 72.8 Å². The van der Waals surface area contributed by atoms with E-state index in [2.05, 4.69) is 16.0 Å². The topological polar surface area (TPSA) is 124 Å². The van der Waals surface area contributed by atoms with Crippen molar-refractivity contribution in [3.05, 3.63) is 108 Å². The molecule has 0 fully saturated rings. The van der Waals surface area contributed by atoms with Crippen LogP contribution in [0.1, 0.15) is 15.9 Å². The molecule has 45 heavy (non-hydrogen) atoms. The molecule has 3 amide bonds. The monoisotopic (exact) mass is 627 g/mol. The molecular weight excluding hydrogens is 594 g/mol. The van der Waals surface area contributed by atoms with Gasteiger partial charge in [0.05, 0.1) is 39.9 Å². The third-order valence-electron chi connectivity index (χ3n) is 6.37. The highest BCUT2D eigenvalue weighted by molar-refractivity contribution is 8.00. The van der Waals surface area contributed by atoms with E-state index < -0.39 is 11.8 Å². The molecule has 0 aliphatic rings. The number of benzene rings is 4. The van der Waals surface area contributed by atoms with Crippen LogP contribution in [0.4, 0.5) is 11.4 Å². The molecule has 4 rings (SSSR count). The molecule has 0 saturated heterocycles. The minimum atomic E-state index is -0.566. The lowest BCUT2D eigenvalue weighted by molar-refractivity contribution is -0.114. The molecule has 0 atom stereocenters. The Bertz CT molecular complexity index is 1670. The van der Waals surface area contributed by atoms with Gasteiger partial charge in [-0.1, -0.05) is 36.4 Å². The molecule has 10 nitrogen and oxygen atoms in total. The number of anilines is 2. The number of ether oxygens (including phenoxy) is 4. The number of carbonyl (C=O) groups excluding carboxylic acids is 3. The van der Waals surface area contributed by atoms with Gasteiger partial charge in [-0.2, -0.15) is 0 Å². The zero-order valence-electron chi connectivity index (χ0n) is 25.2. The molecule has 0 aromatic heterocycles. The molecule has 11 heteroatoms. The molecule has 0 aliphatic carbocycles. The Morgan fingerprint density at radius 2 is 1.38 bits per heavy atom. The van der Waals surface area contributed by atoms with Crippen molar-refractivity contribution in [3.63, 3.8) is 0 Å². The second-order valence-corrected chi connectivity index (χ2v) is 10.4. The van der Waals surface area contributed by atoms with E-state index in [1.165, 1.54) is 46.3 Å². The molecule has 4 aromatic rings. The summed E-state index contributed by atoms with van der Waals surface area (Å²) in [4.78, 5) is 40.0. The van der Waals surface area contributed by atoms with E-state index in [0.29, 0.717) is 45.5 Å². The van der Waals surface area contributed by atoms with Crippen molar-refractivity contribution in [2.75, 3.05) is 44.8 Å². The Balaban J connectivity index is 1.54. The SMILES string of the molecule is COc1ccccc1NC(=O)CSc1cccc(NC(=O)/C(=C\c2cc(OC)c(OC)c(OC)c2)NC(=O)c2ccccc2)c1. The van der Waals surface area contributed by atoms with Crippen molar-refractivity contribution in [2.24, 2.45) is 0 Å². The van der Waals surface area contributed by atoms with Crippen LogP contribution in [0, 0.1) is 0 Å². The number of thioether (sulfide) groups is 1. The maximum Gasteiger partial charge on any atom is 0.272 e. The Morgan fingerprint density at radius 1 is 0.711 bits per heavy atom. The molecule has 0 bridgehead atoms. The lowest BCUT2D eigenvalue weighted by atomic mass is 10.1. The Hall–Kier alpha value is -5.42. The van der Waals surface area contributed by atoms with Gasteiger partial charge in [0, 0.05) is 16.1 Å². The second kappa shape index (κ2) is 15.9. The van der Waals surface area contributed by atoms with Crippen LogP contribution in [0.25, 0.3) is 6.08 Å². The number of para-hydroxylation sites is 2. The van der Waals surface area contributed by atoms with Gasteiger partial charge in [-0.25, -0.2) is 0 Å². The summed E-state index contributed by atoms with van der Waals surface area (Å²) in [7, 11) is 6.01. The Labute approximate surface area is 265 Å². The maximum absolute atomic E-state index is 13.6. The summed E-state index contributed by atoms with van der Waals surface area (Å²) < 4.78 is 21.6. The number of amides is 3. The van der Waals surface area contributed by atoms with E-state index in [1.807, 2.05) is 18.2 Å². The fourth-order valence-electron chi connectivity index (χ4n) is 4.24. The van der Waals surface area contributed by atoms with Crippen LogP contribution in [0.2, 0.25) is 0 Å². The van der Waals surface area contributed by atoms with Crippen LogP contribution in [0.15, 0.2) is 102 Å². The van der Waals surface area contributed by atoms with Crippen LogP contribution >= 0.6 is 11.8 Å². The Morgan fingerprint density at radius 3 is 2.04 bits per heavy atom. The normalized spacial score (nSPS) is 10.8. The molecular formula is C34H33N3O7S. The first kappa shape index (κ1) is 32.5. The van der Waals surface area contributed by atoms with E-state index >= 15 is 0 Å². The van der Waals surface area contributed by atoms with Crippen LogP contribution < -0.4 is 34.9 Å². The number of hydrogen-bond donors (Lipinski definition) is 3. The summed E-state index contributed by atoms with van der Waals surface area (Å²) >= 11 is 1.30. The first-order valence-electron chi connectivity index (χ1n) is 13.7. The summed E-state index contributed by atoms with van der Waals surface area (Å²) in [5.74, 6) is 0.623. The van der Waals surface area contributed by atoms with Gasteiger partial charge in [-0.05, 0) is 66.2 Å². The maximum atomic E-state index is 13.6. The van der Waals surface area contributed by atoms with E-state index in [-0.39, 0.29) is 17.4 Å². The fraction of sp³-hybridized carbons (Fsp3) is 0.147. The van der Waals surface area contributed by atoms with Gasteiger partial charge < -0.3 is 34.9 Å². The van der Waals surface area contributed by atoms with E-state index in [9.17, 15) is 14.4 Å². The average molecular weight is 628 g/mol. The van der Waals surface area contributed by atoms with Crippen molar-refractivity contribution < 1.29 is 33.3 Å². The summed E-state index contributed by atoms with van der Waals surface area (Å²) in [6, 6.07) is 26.1. The van der Waals surface area contributed by atoms with Gasteiger partial charge in [0.1, 0.15) is 11.4 Å². The number of nitrogens with one attached hydrogen (secondary N) is 3. The average Bonchev–Trinajstić information content (AvgIpc) is 3.07. The van der Waals surface area contributed by atoms with Crippen LogP contribution in [-0.2, 0) is 9.59 Å². The minimum absolute atomic E-state index is 0.0210. The summed E-state index contributed by atoms with van der Waals surface area (Å²) in [5, 5.41) is 8.41. The first-order valence-corrected chi connectivity index (χ1v) is 14.7. The molecule has 0 heterocycles. The first-order chi connectivity index (χ1) is 21.8. The Kier molecular flexibility index (Phi) is 11.5. The molecule has 0 radical (unpaired) electrons. The van der Waals surface area contributed by atoms with Crippen molar-refractivity contribution in [1.29, 1.82) is 0 Å². The van der Waals surface area contributed by atoms with Gasteiger partial charge in [0.25, 0.3) is 11.8 Å². The molecule has 4 aromatic carbocycles. The minimum Gasteiger partial charge on any atom is -0.495 e. The summed E-state index contributed by atoms with van der Waals surface area (Å²) in [5.41, 5.74) is 1.93. The van der Waals surface area contributed by atoms with E-state index in [4.69, 9.17) is 18.9 Å². The standard InChI is InChI=1S/C34H33N3O7S/c1-41-28-16-9-8-15-26(28)36-31(38)21-45-25-14-10-13-24(20-25)35-34(40)27(37-33(39)23-11-6-5-7-12-23)17-22-18-29(42-2)32(44-4)30(19-22)43-3/h5-20H,21H2,1-4H3,(H,35,40)(H,36,38)(H,37,39)/b27-17+. The third-order valence-corrected chi connectivity index (χ3v) is 7.36. The fourth-order valence-corrected chi connectivity index (χ4v) is 4.99. The number of hydrogen-bond acceptors (Lipinski definition) is 8. The quantitative estimate of drug-likeness (QED) is 0.124. The van der Waals surface area contributed by atoms with Crippen molar-refractivity contribution >= 4 is 46.9 Å². The number of carbonyl (C=O) groups is 3. The molecule has 0 saturated carbocycles. The molecule has 3 N–H and O–H groups in total. The molecule has 0 spiro atoms.